The van der Waals surface area contributed by atoms with Gasteiger partial charge in [0.25, 0.3) is 5.91 Å². The van der Waals surface area contributed by atoms with Crippen molar-refractivity contribution in [3.8, 4) is 5.88 Å². The molecular formula is C18H23N3O4. The fourth-order valence-corrected chi connectivity index (χ4v) is 2.66. The van der Waals surface area contributed by atoms with Gasteiger partial charge in [0.2, 0.25) is 5.88 Å². The van der Waals surface area contributed by atoms with E-state index in [0.29, 0.717) is 48.2 Å². The lowest BCUT2D eigenvalue weighted by molar-refractivity contribution is 0.101. The smallest absolute Gasteiger partial charge is 0.272 e. The molecule has 0 saturated carbocycles. The standard InChI is InChI=1S/C18H23N3O4/c1-5-14-16(12(3)22)11(2)20-17(14)18(23)21-13-6-7-15(19-10-13)25-9-8-24-4/h6-7,10,20H,5,8-9H2,1-4H3,(H,21,23). The summed E-state index contributed by atoms with van der Waals surface area (Å²) >= 11 is 0. The number of carbonyl (C=O) groups is 2. The number of rotatable bonds is 8. The fraction of sp³-hybridized carbons (Fsp3) is 0.389. The quantitative estimate of drug-likeness (QED) is 0.567. The number of ketones is 1. The highest BCUT2D eigenvalue weighted by Gasteiger charge is 2.21. The van der Waals surface area contributed by atoms with Gasteiger partial charge in [-0.3, -0.25) is 9.59 Å². The van der Waals surface area contributed by atoms with E-state index in [0.717, 1.165) is 5.56 Å². The highest BCUT2D eigenvalue weighted by Crippen LogP contribution is 2.21. The van der Waals surface area contributed by atoms with Crippen molar-refractivity contribution in [3.63, 3.8) is 0 Å². The molecule has 0 aliphatic rings. The number of aromatic amines is 1. The maximum atomic E-state index is 12.5. The van der Waals surface area contributed by atoms with Gasteiger partial charge >= 0.3 is 0 Å². The molecule has 2 N–H and O–H groups in total. The molecule has 0 bridgehead atoms. The van der Waals surface area contributed by atoms with Crippen LogP contribution in [0, 0.1) is 6.92 Å². The van der Waals surface area contributed by atoms with Crippen LogP contribution in [-0.2, 0) is 11.2 Å². The van der Waals surface area contributed by atoms with Gasteiger partial charge in [0.05, 0.1) is 18.5 Å². The van der Waals surface area contributed by atoms with E-state index in [-0.39, 0.29) is 11.7 Å². The Bertz CT molecular complexity index is 750. The zero-order valence-corrected chi connectivity index (χ0v) is 14.9. The molecular weight excluding hydrogens is 322 g/mol. The van der Waals surface area contributed by atoms with Crippen LogP contribution in [0.3, 0.4) is 0 Å². The number of hydrogen-bond donors (Lipinski definition) is 2. The Labute approximate surface area is 146 Å². The van der Waals surface area contributed by atoms with Crippen LogP contribution >= 0.6 is 0 Å². The number of Topliss-reactive ketones (excluding diaryl/α,β-unsaturated/α-hetero) is 1. The Morgan fingerprint density at radius 2 is 2.04 bits per heavy atom. The third kappa shape index (κ3) is 4.45. The van der Waals surface area contributed by atoms with Crippen LogP contribution in [0.4, 0.5) is 5.69 Å². The lowest BCUT2D eigenvalue weighted by atomic mass is 10.0. The Hall–Kier alpha value is -2.67. The van der Waals surface area contributed by atoms with Gasteiger partial charge in [-0.05, 0) is 31.9 Å². The number of aryl methyl sites for hydroxylation is 1. The molecule has 2 aromatic heterocycles. The van der Waals surface area contributed by atoms with Gasteiger partial charge in [0.1, 0.15) is 12.3 Å². The van der Waals surface area contributed by atoms with Gasteiger partial charge in [-0.1, -0.05) is 6.92 Å². The minimum absolute atomic E-state index is 0.0520. The number of pyridine rings is 1. The predicted octanol–water partition coefficient (Wildman–Crippen LogP) is 2.76. The van der Waals surface area contributed by atoms with Crippen molar-refractivity contribution in [2.75, 3.05) is 25.6 Å². The van der Waals surface area contributed by atoms with Crippen LogP contribution in [0.5, 0.6) is 5.88 Å². The van der Waals surface area contributed by atoms with E-state index in [4.69, 9.17) is 9.47 Å². The molecule has 0 spiro atoms. The third-order valence-electron chi connectivity index (χ3n) is 3.76. The predicted molar refractivity (Wildman–Crippen MR) is 94.5 cm³/mol. The monoisotopic (exact) mass is 345 g/mol. The number of amides is 1. The minimum Gasteiger partial charge on any atom is -0.475 e. The molecule has 0 atom stereocenters. The first-order valence-corrected chi connectivity index (χ1v) is 8.09. The van der Waals surface area contributed by atoms with Crippen LogP contribution in [0.1, 0.15) is 46.0 Å². The summed E-state index contributed by atoms with van der Waals surface area (Å²) in [5.74, 6) is 0.102. The lowest BCUT2D eigenvalue weighted by Gasteiger charge is -2.08. The Kier molecular flexibility index (Phi) is 6.30. The van der Waals surface area contributed by atoms with Gasteiger partial charge in [-0.25, -0.2) is 4.98 Å². The van der Waals surface area contributed by atoms with E-state index in [1.807, 2.05) is 6.92 Å². The summed E-state index contributed by atoms with van der Waals surface area (Å²) in [6, 6.07) is 3.38. The zero-order valence-electron chi connectivity index (χ0n) is 14.9. The van der Waals surface area contributed by atoms with Gasteiger partial charge in [-0.2, -0.15) is 0 Å². The molecule has 0 fully saturated rings. The molecule has 0 unspecified atom stereocenters. The van der Waals surface area contributed by atoms with Crippen molar-refractivity contribution in [2.45, 2.75) is 27.2 Å². The number of aromatic nitrogens is 2. The van der Waals surface area contributed by atoms with Gasteiger partial charge < -0.3 is 19.8 Å². The topological polar surface area (TPSA) is 93.3 Å². The molecule has 0 aliphatic carbocycles. The highest BCUT2D eigenvalue weighted by molar-refractivity contribution is 6.07. The van der Waals surface area contributed by atoms with Crippen molar-refractivity contribution >= 4 is 17.4 Å². The summed E-state index contributed by atoms with van der Waals surface area (Å²) in [7, 11) is 1.60. The van der Waals surface area contributed by atoms with Crippen LogP contribution in [0.2, 0.25) is 0 Å². The van der Waals surface area contributed by atoms with Crippen molar-refractivity contribution < 1.29 is 19.1 Å². The van der Waals surface area contributed by atoms with Crippen LogP contribution in [0.25, 0.3) is 0 Å². The molecule has 25 heavy (non-hydrogen) atoms. The second-order valence-corrected chi connectivity index (χ2v) is 5.57. The third-order valence-corrected chi connectivity index (χ3v) is 3.76. The van der Waals surface area contributed by atoms with Crippen LogP contribution in [0.15, 0.2) is 18.3 Å². The fourth-order valence-electron chi connectivity index (χ4n) is 2.66. The van der Waals surface area contributed by atoms with E-state index in [9.17, 15) is 9.59 Å². The molecule has 0 radical (unpaired) electrons. The van der Waals surface area contributed by atoms with Gasteiger partial charge in [0.15, 0.2) is 5.78 Å². The molecule has 134 valence electrons. The normalized spacial score (nSPS) is 10.6. The SMILES string of the molecule is CCc1c(C(=O)Nc2ccc(OCCOC)nc2)[nH]c(C)c1C(C)=O. The second-order valence-electron chi connectivity index (χ2n) is 5.57. The number of carbonyl (C=O) groups excluding carboxylic acids is 2. The largest absolute Gasteiger partial charge is 0.475 e. The molecule has 2 heterocycles. The number of nitrogens with one attached hydrogen (secondary N) is 2. The molecule has 7 heteroatoms. The summed E-state index contributed by atoms with van der Waals surface area (Å²) in [6.07, 6.45) is 2.11. The summed E-state index contributed by atoms with van der Waals surface area (Å²) in [5.41, 5.74) is 2.98. The summed E-state index contributed by atoms with van der Waals surface area (Å²) in [6.45, 7) is 6.10. The van der Waals surface area contributed by atoms with E-state index in [1.165, 1.54) is 13.1 Å². The van der Waals surface area contributed by atoms with E-state index >= 15 is 0 Å². The minimum atomic E-state index is -0.303. The molecule has 1 amide bonds. The van der Waals surface area contributed by atoms with E-state index in [2.05, 4.69) is 15.3 Å². The average molecular weight is 345 g/mol. The maximum Gasteiger partial charge on any atom is 0.272 e. The molecule has 0 aliphatic heterocycles. The number of anilines is 1. The summed E-state index contributed by atoms with van der Waals surface area (Å²) in [4.78, 5) is 31.5. The number of H-pyrrole nitrogens is 1. The lowest BCUT2D eigenvalue weighted by Crippen LogP contribution is -2.15. The first-order chi connectivity index (χ1) is 12.0. The molecule has 0 saturated heterocycles. The zero-order chi connectivity index (χ0) is 18.4. The van der Waals surface area contributed by atoms with Crippen molar-refractivity contribution in [1.29, 1.82) is 0 Å². The first kappa shape index (κ1) is 18.7. The number of nitrogens with zero attached hydrogens (tertiary/aromatic N) is 1. The van der Waals surface area contributed by atoms with Crippen molar-refractivity contribution in [3.05, 3.63) is 40.8 Å². The first-order valence-electron chi connectivity index (χ1n) is 8.09. The van der Waals surface area contributed by atoms with E-state index in [1.54, 1.807) is 26.2 Å². The highest BCUT2D eigenvalue weighted by atomic mass is 16.5. The number of methoxy groups -OCH3 is 1. The molecule has 2 rings (SSSR count). The Morgan fingerprint density at radius 1 is 1.28 bits per heavy atom. The Balaban J connectivity index is 2.12. The van der Waals surface area contributed by atoms with Crippen LogP contribution in [-0.4, -0.2) is 42.0 Å². The van der Waals surface area contributed by atoms with Crippen molar-refractivity contribution in [2.24, 2.45) is 0 Å². The van der Waals surface area contributed by atoms with Gasteiger partial charge in [0, 0.05) is 24.4 Å². The summed E-state index contributed by atoms with van der Waals surface area (Å²) < 4.78 is 10.3. The number of ether oxygens (including phenoxy) is 2. The Morgan fingerprint density at radius 3 is 2.60 bits per heavy atom. The number of hydrogen-bond acceptors (Lipinski definition) is 5. The van der Waals surface area contributed by atoms with Crippen LogP contribution < -0.4 is 10.1 Å². The molecule has 0 aromatic carbocycles. The van der Waals surface area contributed by atoms with E-state index < -0.39 is 0 Å². The maximum absolute atomic E-state index is 12.5. The average Bonchev–Trinajstić information content (AvgIpc) is 2.93. The summed E-state index contributed by atoms with van der Waals surface area (Å²) in [5, 5.41) is 2.78. The van der Waals surface area contributed by atoms with Crippen molar-refractivity contribution in [1.82, 2.24) is 9.97 Å². The van der Waals surface area contributed by atoms with Gasteiger partial charge in [-0.15, -0.1) is 0 Å². The molecule has 7 nitrogen and oxygen atoms in total. The second kappa shape index (κ2) is 8.43. The molecule has 2 aromatic rings.